The van der Waals surface area contributed by atoms with Gasteiger partial charge in [0.25, 0.3) is 0 Å². The summed E-state index contributed by atoms with van der Waals surface area (Å²) in [5.41, 5.74) is 3.68. The van der Waals surface area contributed by atoms with Gasteiger partial charge in [-0.05, 0) is 36.6 Å². The van der Waals surface area contributed by atoms with Crippen molar-refractivity contribution in [2.24, 2.45) is 4.99 Å². The molecule has 5 rings (SSSR count). The molecule has 3 aromatic heterocycles. The van der Waals surface area contributed by atoms with Gasteiger partial charge in [-0.1, -0.05) is 36.4 Å². The van der Waals surface area contributed by atoms with Crippen LogP contribution in [0.15, 0.2) is 72.0 Å². The summed E-state index contributed by atoms with van der Waals surface area (Å²) in [6.45, 7) is 2.43. The van der Waals surface area contributed by atoms with Gasteiger partial charge < -0.3 is 10.1 Å². The molecule has 1 aliphatic carbocycles. The number of nitrogens with one attached hydrogen (secondary N) is 1. The fraction of sp³-hybridized carbons (Fsp3) is 0.250. The number of aliphatic imine (C=N–C) groups is 1. The highest BCUT2D eigenvalue weighted by atomic mass is 16.5. The second-order valence-corrected chi connectivity index (χ2v) is 7.71. The van der Waals surface area contributed by atoms with E-state index in [9.17, 15) is 0 Å². The van der Waals surface area contributed by atoms with Crippen molar-refractivity contribution in [2.45, 2.75) is 31.8 Å². The monoisotopic (exact) mass is 412 g/mol. The number of pyridine rings is 1. The van der Waals surface area contributed by atoms with Crippen LogP contribution in [0, 0.1) is 0 Å². The lowest BCUT2D eigenvalue weighted by Crippen LogP contribution is -2.16. The quantitative estimate of drug-likeness (QED) is 0.374. The van der Waals surface area contributed by atoms with Crippen LogP contribution in [-0.4, -0.2) is 32.6 Å². The number of ether oxygens (including phenoxy) is 1. The van der Waals surface area contributed by atoms with Gasteiger partial charge >= 0.3 is 0 Å². The first-order valence-electron chi connectivity index (χ1n) is 10.4. The highest BCUT2D eigenvalue weighted by Gasteiger charge is 2.48. The molecule has 0 bridgehead atoms. The van der Waals surface area contributed by atoms with Crippen LogP contribution in [0.3, 0.4) is 0 Å². The SMILES string of the molecule is COC(C)=NC1(c2nc(NCc3ccccn3)c3c(-c4ccccc4)ccn3n2)CC1. The summed E-state index contributed by atoms with van der Waals surface area (Å²) in [5, 5.41) is 8.34. The minimum Gasteiger partial charge on any atom is -0.484 e. The zero-order valence-electron chi connectivity index (χ0n) is 17.6. The molecule has 0 radical (unpaired) electrons. The lowest BCUT2D eigenvalue weighted by molar-refractivity contribution is 0.391. The van der Waals surface area contributed by atoms with Crippen LogP contribution in [0.25, 0.3) is 16.6 Å². The van der Waals surface area contributed by atoms with Crippen molar-refractivity contribution >= 4 is 17.2 Å². The predicted octanol–water partition coefficient (Wildman–Crippen LogP) is 4.46. The average Bonchev–Trinajstić information content (AvgIpc) is 3.47. The molecule has 1 aliphatic rings. The van der Waals surface area contributed by atoms with Crippen molar-refractivity contribution in [2.75, 3.05) is 12.4 Å². The molecular formula is C24H24N6O. The maximum Gasteiger partial charge on any atom is 0.180 e. The van der Waals surface area contributed by atoms with E-state index in [-0.39, 0.29) is 0 Å². The van der Waals surface area contributed by atoms with Crippen LogP contribution < -0.4 is 5.32 Å². The molecule has 1 fully saturated rings. The Morgan fingerprint density at radius 3 is 2.65 bits per heavy atom. The Morgan fingerprint density at radius 1 is 1.13 bits per heavy atom. The van der Waals surface area contributed by atoms with Crippen molar-refractivity contribution in [3.05, 3.63) is 78.5 Å². The molecule has 1 saturated carbocycles. The lowest BCUT2D eigenvalue weighted by atomic mass is 10.1. The molecule has 3 heterocycles. The number of aromatic nitrogens is 4. The van der Waals surface area contributed by atoms with Crippen molar-refractivity contribution in [1.29, 1.82) is 0 Å². The first-order valence-corrected chi connectivity index (χ1v) is 10.4. The average molecular weight is 412 g/mol. The van der Waals surface area contributed by atoms with Gasteiger partial charge in [0.2, 0.25) is 0 Å². The Bertz CT molecular complexity index is 1230. The number of benzene rings is 1. The van der Waals surface area contributed by atoms with Crippen LogP contribution in [0.5, 0.6) is 0 Å². The van der Waals surface area contributed by atoms with Gasteiger partial charge in [-0.25, -0.2) is 14.5 Å². The topological polar surface area (TPSA) is 76.7 Å². The number of rotatable bonds is 6. The van der Waals surface area contributed by atoms with E-state index in [2.05, 4.69) is 28.5 Å². The molecule has 31 heavy (non-hydrogen) atoms. The molecule has 0 aliphatic heterocycles. The van der Waals surface area contributed by atoms with Gasteiger partial charge in [-0.2, -0.15) is 0 Å². The van der Waals surface area contributed by atoms with E-state index in [0.717, 1.165) is 41.0 Å². The van der Waals surface area contributed by atoms with Crippen molar-refractivity contribution in [3.8, 4) is 11.1 Å². The Kier molecular flexibility index (Phi) is 4.86. The normalized spacial score (nSPS) is 15.1. The zero-order chi connectivity index (χ0) is 21.3. The van der Waals surface area contributed by atoms with Crippen LogP contribution in [0.2, 0.25) is 0 Å². The van der Waals surface area contributed by atoms with Gasteiger partial charge in [0, 0.05) is 24.9 Å². The highest BCUT2D eigenvalue weighted by Crippen LogP contribution is 2.48. The fourth-order valence-electron chi connectivity index (χ4n) is 3.72. The summed E-state index contributed by atoms with van der Waals surface area (Å²) in [4.78, 5) is 14.1. The van der Waals surface area contributed by atoms with Crippen molar-refractivity contribution in [3.63, 3.8) is 0 Å². The number of hydrogen-bond acceptors (Lipinski definition) is 6. The van der Waals surface area contributed by atoms with Crippen LogP contribution >= 0.6 is 0 Å². The van der Waals surface area contributed by atoms with Crippen LogP contribution in [0.4, 0.5) is 5.82 Å². The van der Waals surface area contributed by atoms with Gasteiger partial charge in [0.15, 0.2) is 17.5 Å². The third-order valence-corrected chi connectivity index (χ3v) is 5.57. The molecule has 0 atom stereocenters. The summed E-state index contributed by atoms with van der Waals surface area (Å²) in [5.74, 6) is 2.12. The molecule has 0 unspecified atom stereocenters. The molecule has 7 heteroatoms. The highest BCUT2D eigenvalue weighted by molar-refractivity contribution is 5.88. The van der Waals surface area contributed by atoms with E-state index >= 15 is 0 Å². The Hall–Kier alpha value is -3.74. The maximum atomic E-state index is 5.30. The second kappa shape index (κ2) is 7.83. The van der Waals surface area contributed by atoms with E-state index in [0.29, 0.717) is 18.3 Å². The molecule has 7 nitrogen and oxygen atoms in total. The van der Waals surface area contributed by atoms with Crippen LogP contribution in [0.1, 0.15) is 31.3 Å². The summed E-state index contributed by atoms with van der Waals surface area (Å²) in [7, 11) is 1.64. The van der Waals surface area contributed by atoms with Gasteiger partial charge in [0.1, 0.15) is 11.1 Å². The molecule has 0 spiro atoms. The summed E-state index contributed by atoms with van der Waals surface area (Å²) >= 11 is 0. The van der Waals surface area contributed by atoms with E-state index in [4.69, 9.17) is 19.8 Å². The number of methoxy groups -OCH3 is 1. The Labute approximate surface area is 180 Å². The Balaban J connectivity index is 1.62. The molecule has 0 amide bonds. The third-order valence-electron chi connectivity index (χ3n) is 5.57. The molecule has 0 saturated heterocycles. The van der Waals surface area contributed by atoms with Gasteiger partial charge in [-0.15, -0.1) is 5.10 Å². The van der Waals surface area contributed by atoms with Crippen molar-refractivity contribution < 1.29 is 4.74 Å². The number of anilines is 1. The third kappa shape index (κ3) is 3.74. The molecule has 1 N–H and O–H groups in total. The first-order chi connectivity index (χ1) is 15.2. The zero-order valence-corrected chi connectivity index (χ0v) is 17.6. The number of fused-ring (bicyclic) bond motifs is 1. The summed E-state index contributed by atoms with van der Waals surface area (Å²) in [6, 6.07) is 18.3. The van der Waals surface area contributed by atoms with E-state index in [1.54, 1.807) is 13.3 Å². The Morgan fingerprint density at radius 2 is 1.94 bits per heavy atom. The standard InChI is InChI=1S/C24H24N6O/c1-17(31-2)28-24(12-13-24)23-27-22(26-16-19-10-6-7-14-25-19)21-20(11-15-30(21)29-23)18-8-4-3-5-9-18/h3-11,14-15H,12-13,16H2,1-2H3,(H,26,27,29). The molecule has 1 aromatic carbocycles. The minimum atomic E-state index is -0.410. The van der Waals surface area contributed by atoms with Gasteiger partial charge in [0.05, 0.1) is 19.3 Å². The second-order valence-electron chi connectivity index (χ2n) is 7.71. The summed E-state index contributed by atoms with van der Waals surface area (Å²) < 4.78 is 7.20. The van der Waals surface area contributed by atoms with E-state index in [1.807, 2.05) is 54.0 Å². The first kappa shape index (κ1) is 19.2. The predicted molar refractivity (Wildman–Crippen MR) is 121 cm³/mol. The minimum absolute atomic E-state index is 0.410. The van der Waals surface area contributed by atoms with Gasteiger partial charge in [-0.3, -0.25) is 4.98 Å². The largest absolute Gasteiger partial charge is 0.484 e. The fourth-order valence-corrected chi connectivity index (χ4v) is 3.72. The van der Waals surface area contributed by atoms with Crippen molar-refractivity contribution in [1.82, 2.24) is 19.6 Å². The number of nitrogens with zero attached hydrogens (tertiary/aromatic N) is 5. The maximum absolute atomic E-state index is 5.30. The van der Waals surface area contributed by atoms with Crippen LogP contribution in [-0.2, 0) is 16.8 Å². The summed E-state index contributed by atoms with van der Waals surface area (Å²) in [6.07, 6.45) is 5.60. The molecule has 4 aromatic rings. The number of hydrogen-bond donors (Lipinski definition) is 1. The lowest BCUT2D eigenvalue weighted by Gasteiger charge is -2.15. The molecule has 156 valence electrons. The van der Waals surface area contributed by atoms with E-state index < -0.39 is 5.54 Å². The smallest absolute Gasteiger partial charge is 0.180 e. The molecular weight excluding hydrogens is 388 g/mol. The van der Waals surface area contributed by atoms with E-state index in [1.165, 1.54) is 0 Å².